The Morgan fingerprint density at radius 3 is 2.50 bits per heavy atom. The van der Waals surface area contributed by atoms with Gasteiger partial charge in [0.25, 0.3) is 0 Å². The van der Waals surface area contributed by atoms with Crippen LogP contribution in [0.4, 0.5) is 0 Å². The molecule has 0 radical (unpaired) electrons. The van der Waals surface area contributed by atoms with Gasteiger partial charge in [-0.05, 0) is 75.7 Å². The lowest BCUT2D eigenvalue weighted by atomic mass is 9.44. The van der Waals surface area contributed by atoms with E-state index in [2.05, 4.69) is 46.2 Å². The van der Waals surface area contributed by atoms with E-state index >= 15 is 0 Å². The maximum atomic E-state index is 13.5. The van der Waals surface area contributed by atoms with Crippen LogP contribution in [0.2, 0.25) is 0 Å². The molecule has 202 valence electrons. The van der Waals surface area contributed by atoms with E-state index in [-0.39, 0.29) is 29.1 Å². The zero-order chi connectivity index (χ0) is 26.0. The van der Waals surface area contributed by atoms with Crippen LogP contribution in [0, 0.1) is 34.0 Å². The van der Waals surface area contributed by atoms with Crippen LogP contribution in [0.3, 0.4) is 0 Å². The molecule has 5 aliphatic rings. The van der Waals surface area contributed by atoms with Gasteiger partial charge in [-0.3, -0.25) is 9.59 Å². The van der Waals surface area contributed by atoms with E-state index in [9.17, 15) is 14.7 Å². The molecule has 0 aromatic heterocycles. The molecule has 1 N–H and O–H groups in total. The molecule has 0 aromatic rings. The monoisotopic (exact) mass is 517 g/mol. The molecule has 5 nitrogen and oxygen atoms in total. The van der Waals surface area contributed by atoms with Crippen molar-refractivity contribution < 1.29 is 19.4 Å². The van der Waals surface area contributed by atoms with Crippen molar-refractivity contribution in [1.29, 1.82) is 0 Å². The summed E-state index contributed by atoms with van der Waals surface area (Å²) in [6.07, 6.45) is 9.58. The fourth-order valence-electron chi connectivity index (χ4n) is 9.38. The molecular weight excluding hydrogens is 470 g/mol. The lowest BCUT2D eigenvalue weighted by Gasteiger charge is -2.61. The van der Waals surface area contributed by atoms with Gasteiger partial charge in [0, 0.05) is 40.5 Å². The van der Waals surface area contributed by atoms with Crippen molar-refractivity contribution in [2.24, 2.45) is 34.0 Å². The van der Waals surface area contributed by atoms with Gasteiger partial charge >= 0.3 is 5.97 Å². The molecule has 4 bridgehead atoms. The van der Waals surface area contributed by atoms with Crippen molar-refractivity contribution in [3.05, 3.63) is 12.7 Å². The van der Waals surface area contributed by atoms with Gasteiger partial charge in [0.1, 0.15) is 11.9 Å². The molecule has 3 saturated carbocycles. The molecule has 6 heteroatoms. The average Bonchev–Trinajstić information content (AvgIpc) is 3.28. The Morgan fingerprint density at radius 2 is 1.86 bits per heavy atom. The molecule has 0 amide bonds. The van der Waals surface area contributed by atoms with Gasteiger partial charge in [0.05, 0.1) is 11.9 Å². The quantitative estimate of drug-likeness (QED) is 0.397. The van der Waals surface area contributed by atoms with Gasteiger partial charge in [0.2, 0.25) is 0 Å². The number of carbonyl (C=O) groups is 2. The number of aliphatic hydroxyl groups excluding tert-OH is 1. The summed E-state index contributed by atoms with van der Waals surface area (Å²) in [7, 11) is 2.24. The van der Waals surface area contributed by atoms with Gasteiger partial charge in [0.15, 0.2) is 0 Å². The molecular formula is C30H47NO4S. The van der Waals surface area contributed by atoms with Crippen molar-refractivity contribution in [3.8, 4) is 0 Å². The first kappa shape index (κ1) is 26.7. The normalized spacial score (nSPS) is 50.8. The van der Waals surface area contributed by atoms with E-state index in [1.165, 1.54) is 12.8 Å². The minimum Gasteiger partial charge on any atom is -0.461 e. The number of rotatable bonds is 5. The zero-order valence-corrected chi connectivity index (χ0v) is 23.8. The summed E-state index contributed by atoms with van der Waals surface area (Å²) in [5.41, 5.74) is -1.24. The second-order valence-corrected chi connectivity index (χ2v) is 14.8. The first-order valence-electron chi connectivity index (χ1n) is 14.3. The molecule has 2 heterocycles. The zero-order valence-electron chi connectivity index (χ0n) is 23.0. The number of piperidine rings is 1. The van der Waals surface area contributed by atoms with Gasteiger partial charge in [-0.2, -0.15) is 0 Å². The topological polar surface area (TPSA) is 66.8 Å². The molecule has 0 aromatic carbocycles. The van der Waals surface area contributed by atoms with E-state index in [1.54, 1.807) is 11.8 Å². The highest BCUT2D eigenvalue weighted by Crippen LogP contribution is 2.68. The maximum absolute atomic E-state index is 13.5. The number of carbonyl (C=O) groups excluding carboxylic acids is 2. The Balaban J connectivity index is 1.39. The lowest BCUT2D eigenvalue weighted by molar-refractivity contribution is -0.205. The van der Waals surface area contributed by atoms with Gasteiger partial charge in [-0.15, -0.1) is 18.3 Å². The third kappa shape index (κ3) is 3.95. The van der Waals surface area contributed by atoms with Crippen molar-refractivity contribution in [2.45, 2.75) is 115 Å². The molecule has 5 fully saturated rings. The minimum atomic E-state index is -0.619. The number of fused-ring (bicyclic) bond motifs is 2. The van der Waals surface area contributed by atoms with E-state index in [1.807, 2.05) is 6.08 Å². The van der Waals surface area contributed by atoms with Crippen molar-refractivity contribution in [1.82, 2.24) is 4.90 Å². The summed E-state index contributed by atoms with van der Waals surface area (Å²) in [6, 6.07) is 1.31. The van der Waals surface area contributed by atoms with E-state index in [4.69, 9.17) is 4.74 Å². The maximum Gasteiger partial charge on any atom is 0.316 e. The first-order chi connectivity index (χ1) is 17.0. The van der Waals surface area contributed by atoms with E-state index in [0.717, 1.165) is 32.1 Å². The highest BCUT2D eigenvalue weighted by molar-refractivity contribution is 8.00. The number of esters is 1. The van der Waals surface area contributed by atoms with E-state index in [0.29, 0.717) is 41.7 Å². The molecule has 1 unspecified atom stereocenters. The van der Waals surface area contributed by atoms with Crippen LogP contribution < -0.4 is 0 Å². The van der Waals surface area contributed by atoms with Crippen molar-refractivity contribution in [2.75, 3.05) is 12.8 Å². The largest absolute Gasteiger partial charge is 0.461 e. The molecule has 36 heavy (non-hydrogen) atoms. The SMILES string of the molecule is C=C[C@]1(C)C[C@@H](OC(=O)CSC2C[C@H]3CC[C@@H](C2)N3C)[C@]2(C)[C@H](C)CC[C@]3(CCC(=O)[C@@H]32)[C@@H](C)[C@@H]1O. The number of nitrogens with zero attached hydrogens (tertiary/aromatic N) is 1. The Morgan fingerprint density at radius 1 is 1.19 bits per heavy atom. The summed E-state index contributed by atoms with van der Waals surface area (Å²) in [5.74, 6) is 0.605. The molecule has 3 aliphatic carbocycles. The van der Waals surface area contributed by atoms with Gasteiger partial charge < -0.3 is 14.7 Å². The highest BCUT2D eigenvalue weighted by Gasteiger charge is 2.68. The first-order valence-corrected chi connectivity index (χ1v) is 15.4. The van der Waals surface area contributed by atoms with Crippen LogP contribution in [-0.2, 0) is 14.3 Å². The smallest absolute Gasteiger partial charge is 0.316 e. The summed E-state index contributed by atoms with van der Waals surface area (Å²) < 4.78 is 6.42. The molecule has 2 aliphatic heterocycles. The third-order valence-corrected chi connectivity index (χ3v) is 13.3. The Hall–Kier alpha value is -0.850. The number of hydrogen-bond donors (Lipinski definition) is 1. The number of ether oxygens (including phenoxy) is 1. The number of ketones is 1. The van der Waals surface area contributed by atoms with Crippen LogP contribution in [0.25, 0.3) is 0 Å². The van der Waals surface area contributed by atoms with Crippen LogP contribution in [0.5, 0.6) is 0 Å². The fourth-order valence-corrected chi connectivity index (χ4v) is 10.5. The predicted octanol–water partition coefficient (Wildman–Crippen LogP) is 5.25. The number of Topliss-reactive ketones (excluding diaryl/α,β-unsaturated/α-hetero) is 1. The minimum absolute atomic E-state index is 0.00390. The van der Waals surface area contributed by atoms with E-state index < -0.39 is 23.0 Å². The predicted molar refractivity (Wildman–Crippen MR) is 145 cm³/mol. The third-order valence-electron chi connectivity index (χ3n) is 12.1. The molecule has 5 rings (SSSR count). The molecule has 2 saturated heterocycles. The lowest BCUT2D eigenvalue weighted by Crippen LogP contribution is -2.63. The number of hydrogen-bond acceptors (Lipinski definition) is 6. The Labute approximate surface area is 222 Å². The second kappa shape index (κ2) is 9.41. The van der Waals surface area contributed by atoms with Crippen LogP contribution in [0.1, 0.15) is 85.5 Å². The Bertz CT molecular complexity index is 895. The summed E-state index contributed by atoms with van der Waals surface area (Å²) in [5, 5.41) is 12.2. The van der Waals surface area contributed by atoms with Gasteiger partial charge in [-0.25, -0.2) is 0 Å². The summed E-state index contributed by atoms with van der Waals surface area (Å²) in [4.78, 5) is 29.4. The van der Waals surface area contributed by atoms with Gasteiger partial charge in [-0.1, -0.05) is 33.8 Å². The van der Waals surface area contributed by atoms with Crippen LogP contribution in [-0.4, -0.2) is 64.1 Å². The fraction of sp³-hybridized carbons (Fsp3) is 0.867. The van der Waals surface area contributed by atoms with Crippen molar-refractivity contribution >= 4 is 23.5 Å². The molecule has 0 spiro atoms. The Kier molecular flexibility index (Phi) is 6.99. The number of thioether (sulfide) groups is 1. The highest BCUT2D eigenvalue weighted by atomic mass is 32.2. The standard InChI is InChI=1S/C30H47NO4S/c1-7-28(4)16-24(35-25(33)17-36-22-14-20-8-9-21(15-22)31(20)6)29(5)18(2)10-12-30(19(3)27(28)34)13-11-23(32)26(29)30/h7,18-22,24,26-27,34H,1,8-17H2,2-6H3/t18-,19+,20-,21+,22?,24-,26-,27+,28-,29+,30+/m1/s1. The van der Waals surface area contributed by atoms with Crippen LogP contribution >= 0.6 is 11.8 Å². The number of aliphatic hydroxyl groups is 1. The summed E-state index contributed by atoms with van der Waals surface area (Å²) >= 11 is 1.76. The van der Waals surface area contributed by atoms with Crippen molar-refractivity contribution in [3.63, 3.8) is 0 Å². The molecule has 11 atom stereocenters. The summed E-state index contributed by atoms with van der Waals surface area (Å²) in [6.45, 7) is 12.8. The second-order valence-electron chi connectivity index (χ2n) is 13.5. The average molecular weight is 518 g/mol. The van der Waals surface area contributed by atoms with Crippen LogP contribution in [0.15, 0.2) is 12.7 Å².